The topological polar surface area (TPSA) is 51.6 Å². The van der Waals surface area contributed by atoms with E-state index < -0.39 is 0 Å². The summed E-state index contributed by atoms with van der Waals surface area (Å²) < 4.78 is 0. The van der Waals surface area contributed by atoms with Gasteiger partial charge < -0.3 is 0 Å². The summed E-state index contributed by atoms with van der Waals surface area (Å²) in [5, 5.41) is 2.29. The molecule has 4 nitrogen and oxygen atoms in total. The van der Waals surface area contributed by atoms with Crippen LogP contribution < -0.4 is 0 Å². The maximum atomic E-state index is 4.94. The van der Waals surface area contributed by atoms with Gasteiger partial charge in [0, 0.05) is 33.8 Å². The smallest absolute Gasteiger partial charge is 0.164 e. The van der Waals surface area contributed by atoms with Crippen molar-refractivity contribution in [3.05, 3.63) is 194 Å². The van der Waals surface area contributed by atoms with E-state index in [-0.39, 0.29) is 0 Å². The third-order valence-electron chi connectivity index (χ3n) is 9.36. The molecule has 7 aromatic carbocycles. The van der Waals surface area contributed by atoms with Crippen LogP contribution in [0.25, 0.3) is 89.6 Å². The van der Waals surface area contributed by atoms with Gasteiger partial charge in [-0.3, -0.25) is 4.98 Å². The molecule has 0 bridgehead atoms. The van der Waals surface area contributed by atoms with Crippen LogP contribution in [0.3, 0.4) is 0 Å². The van der Waals surface area contributed by atoms with Crippen molar-refractivity contribution in [2.24, 2.45) is 0 Å². The van der Waals surface area contributed by atoms with Gasteiger partial charge in [-0.1, -0.05) is 158 Å². The quantitative estimate of drug-likeness (QED) is 0.170. The summed E-state index contributed by atoms with van der Waals surface area (Å²) >= 11 is 0. The Kier molecular flexibility index (Phi) is 8.16. The molecule has 2 aromatic heterocycles. The molecule has 9 aromatic rings. The van der Waals surface area contributed by atoms with Crippen molar-refractivity contribution < 1.29 is 0 Å². The summed E-state index contributed by atoms with van der Waals surface area (Å²) in [6, 6.07) is 65.2. The van der Waals surface area contributed by atoms with Crippen molar-refractivity contribution in [3.8, 4) is 78.8 Å². The van der Waals surface area contributed by atoms with Crippen LogP contribution in [-0.4, -0.2) is 19.9 Å². The summed E-state index contributed by atoms with van der Waals surface area (Å²) in [6.07, 6.45) is 1.90. The number of pyridine rings is 1. The molecule has 0 aliphatic carbocycles. The molecule has 244 valence electrons. The first-order valence-electron chi connectivity index (χ1n) is 17.4. The van der Waals surface area contributed by atoms with E-state index in [0.29, 0.717) is 17.5 Å². The number of rotatable bonds is 7. The van der Waals surface area contributed by atoms with Gasteiger partial charge in [-0.15, -0.1) is 0 Å². The number of fused-ring (bicyclic) bond motifs is 1. The molecule has 4 heteroatoms. The second-order valence-corrected chi connectivity index (χ2v) is 12.7. The number of hydrogen-bond acceptors (Lipinski definition) is 4. The fraction of sp³-hybridized carbons (Fsp3) is 0. The normalized spacial score (nSPS) is 11.1. The highest BCUT2D eigenvalue weighted by Crippen LogP contribution is 2.37. The largest absolute Gasteiger partial charge is 0.256 e. The Morgan fingerprint density at radius 3 is 1.29 bits per heavy atom. The van der Waals surface area contributed by atoms with Gasteiger partial charge in [0.1, 0.15) is 0 Å². The van der Waals surface area contributed by atoms with E-state index in [1.54, 1.807) is 0 Å². The summed E-state index contributed by atoms with van der Waals surface area (Å²) in [5.41, 5.74) is 11.7. The van der Waals surface area contributed by atoms with E-state index in [0.717, 1.165) is 61.0 Å². The first-order chi connectivity index (χ1) is 25.7. The lowest BCUT2D eigenvalue weighted by atomic mass is 9.92. The van der Waals surface area contributed by atoms with Crippen LogP contribution in [0.2, 0.25) is 0 Å². The lowest BCUT2D eigenvalue weighted by molar-refractivity contribution is 1.07. The van der Waals surface area contributed by atoms with E-state index in [9.17, 15) is 0 Å². The van der Waals surface area contributed by atoms with Crippen LogP contribution in [0.5, 0.6) is 0 Å². The van der Waals surface area contributed by atoms with Gasteiger partial charge in [-0.25, -0.2) is 15.0 Å². The predicted molar refractivity (Wildman–Crippen MR) is 213 cm³/mol. The molecule has 0 amide bonds. The van der Waals surface area contributed by atoms with E-state index in [1.165, 1.54) is 11.1 Å². The Morgan fingerprint density at radius 1 is 0.269 bits per heavy atom. The maximum Gasteiger partial charge on any atom is 0.164 e. The van der Waals surface area contributed by atoms with Gasteiger partial charge in [-0.05, 0) is 69.1 Å². The van der Waals surface area contributed by atoms with Crippen molar-refractivity contribution >= 4 is 10.8 Å². The molecule has 2 heterocycles. The Bertz CT molecular complexity index is 2590. The summed E-state index contributed by atoms with van der Waals surface area (Å²) in [4.78, 5) is 19.7. The molecule has 0 unspecified atom stereocenters. The van der Waals surface area contributed by atoms with Crippen molar-refractivity contribution in [3.63, 3.8) is 0 Å². The van der Waals surface area contributed by atoms with Crippen LogP contribution in [0.15, 0.2) is 194 Å². The van der Waals surface area contributed by atoms with E-state index in [4.69, 9.17) is 19.9 Å². The average Bonchev–Trinajstić information content (AvgIpc) is 3.24. The van der Waals surface area contributed by atoms with Gasteiger partial charge in [0.2, 0.25) is 0 Å². The monoisotopic (exact) mass is 664 g/mol. The molecule has 0 saturated carbocycles. The second kappa shape index (κ2) is 13.7. The van der Waals surface area contributed by atoms with Gasteiger partial charge in [0.25, 0.3) is 0 Å². The molecule has 52 heavy (non-hydrogen) atoms. The standard InChI is InChI=1S/C48H32N4/c1-4-13-33(14-5-1)39-20-12-21-40(29-39)42-30-41(31-43(32-42)45-44-22-11-10-15-35(44)27-28-49-45)34-23-25-38(26-24-34)48-51-46(36-16-6-2-7-17-36)50-47(52-48)37-18-8-3-9-19-37/h1-32H. The molecule has 0 aliphatic heterocycles. The molecule has 0 radical (unpaired) electrons. The van der Waals surface area contributed by atoms with Crippen LogP contribution in [-0.2, 0) is 0 Å². The minimum absolute atomic E-state index is 0.631. The number of aromatic nitrogens is 4. The van der Waals surface area contributed by atoms with Crippen molar-refractivity contribution in [2.75, 3.05) is 0 Å². The molecule has 0 atom stereocenters. The first-order valence-corrected chi connectivity index (χ1v) is 17.4. The molecule has 0 spiro atoms. The second-order valence-electron chi connectivity index (χ2n) is 12.7. The van der Waals surface area contributed by atoms with Crippen LogP contribution in [0, 0.1) is 0 Å². The van der Waals surface area contributed by atoms with Crippen LogP contribution >= 0.6 is 0 Å². The zero-order valence-corrected chi connectivity index (χ0v) is 28.3. The van der Waals surface area contributed by atoms with Crippen molar-refractivity contribution in [1.29, 1.82) is 0 Å². The van der Waals surface area contributed by atoms with Gasteiger partial charge in [-0.2, -0.15) is 0 Å². The van der Waals surface area contributed by atoms with Crippen LogP contribution in [0.1, 0.15) is 0 Å². The molecule has 9 rings (SSSR count). The lowest BCUT2D eigenvalue weighted by Gasteiger charge is -2.14. The predicted octanol–water partition coefficient (Wildman–Crippen LogP) is 12.1. The average molecular weight is 665 g/mol. The minimum Gasteiger partial charge on any atom is -0.256 e. The maximum absolute atomic E-state index is 4.94. The number of nitrogens with zero attached hydrogens (tertiary/aromatic N) is 4. The highest BCUT2D eigenvalue weighted by atomic mass is 15.0. The van der Waals surface area contributed by atoms with Crippen LogP contribution in [0.4, 0.5) is 0 Å². The molecule has 0 aliphatic rings. The third-order valence-corrected chi connectivity index (χ3v) is 9.36. The van der Waals surface area contributed by atoms with Crippen molar-refractivity contribution in [2.45, 2.75) is 0 Å². The highest BCUT2D eigenvalue weighted by Gasteiger charge is 2.14. The molecular formula is C48H32N4. The van der Waals surface area contributed by atoms with Gasteiger partial charge >= 0.3 is 0 Å². The van der Waals surface area contributed by atoms with Crippen molar-refractivity contribution in [1.82, 2.24) is 19.9 Å². The summed E-state index contributed by atoms with van der Waals surface area (Å²) in [6.45, 7) is 0. The third kappa shape index (κ3) is 6.26. The van der Waals surface area contributed by atoms with Gasteiger partial charge in [0.15, 0.2) is 17.5 Å². The van der Waals surface area contributed by atoms with E-state index in [1.807, 2.05) is 66.9 Å². The zero-order valence-electron chi connectivity index (χ0n) is 28.3. The lowest BCUT2D eigenvalue weighted by Crippen LogP contribution is -2.00. The Labute approximate surface area is 302 Å². The molecule has 0 fully saturated rings. The molecule has 0 saturated heterocycles. The fourth-order valence-electron chi connectivity index (χ4n) is 6.71. The van der Waals surface area contributed by atoms with Gasteiger partial charge in [0.05, 0.1) is 5.69 Å². The zero-order chi connectivity index (χ0) is 34.7. The highest BCUT2D eigenvalue weighted by molar-refractivity contribution is 5.96. The first kappa shape index (κ1) is 31.0. The SMILES string of the molecule is c1ccc(-c2cccc(-c3cc(-c4ccc(-c5nc(-c6ccccc6)nc(-c6ccccc6)n5)cc4)cc(-c4nccc5ccccc45)c3)c2)cc1. The Morgan fingerprint density at radius 2 is 0.673 bits per heavy atom. The Balaban J connectivity index is 1.16. The number of hydrogen-bond donors (Lipinski definition) is 0. The Hall–Kier alpha value is -7.04. The fourth-order valence-corrected chi connectivity index (χ4v) is 6.71. The van der Waals surface area contributed by atoms with E-state index >= 15 is 0 Å². The molecule has 0 N–H and O–H groups in total. The summed E-state index contributed by atoms with van der Waals surface area (Å²) in [5.74, 6) is 1.92. The minimum atomic E-state index is 0.631. The van der Waals surface area contributed by atoms with E-state index in [2.05, 4.69) is 127 Å². The molecular weight excluding hydrogens is 633 g/mol. The summed E-state index contributed by atoms with van der Waals surface area (Å²) in [7, 11) is 0. The number of benzene rings is 7.